The van der Waals surface area contributed by atoms with Gasteiger partial charge in [0, 0.05) is 16.7 Å². The molecule has 0 radical (unpaired) electrons. The molecule has 0 aliphatic carbocycles. The summed E-state index contributed by atoms with van der Waals surface area (Å²) in [6.07, 6.45) is 0.831. The minimum Gasteiger partial charge on any atom is -0.483 e. The van der Waals surface area contributed by atoms with Crippen molar-refractivity contribution in [3.8, 4) is 5.75 Å². The van der Waals surface area contributed by atoms with Gasteiger partial charge in [-0.05, 0) is 47.5 Å². The van der Waals surface area contributed by atoms with Gasteiger partial charge in [0.2, 0.25) is 0 Å². The van der Waals surface area contributed by atoms with Gasteiger partial charge in [0.1, 0.15) is 5.75 Å². The van der Waals surface area contributed by atoms with E-state index < -0.39 is 9.05 Å². The largest absolute Gasteiger partial charge is 0.483 e. The molecule has 112 valence electrons. The Labute approximate surface area is 131 Å². The fourth-order valence-corrected chi connectivity index (χ4v) is 2.73. The summed E-state index contributed by atoms with van der Waals surface area (Å²) in [5, 5.41) is 2.76. The van der Waals surface area contributed by atoms with Crippen molar-refractivity contribution in [2.75, 3.05) is 6.61 Å². The third-order valence-corrected chi connectivity index (χ3v) is 4.53. The van der Waals surface area contributed by atoms with Gasteiger partial charge in [-0.2, -0.15) is 0 Å². The predicted octanol–water partition coefficient (Wildman–Crippen LogP) is 2.67. The van der Waals surface area contributed by atoms with Gasteiger partial charge in [-0.15, -0.1) is 0 Å². The van der Waals surface area contributed by atoms with E-state index in [0.717, 1.165) is 6.42 Å². The lowest BCUT2D eigenvalue weighted by Gasteiger charge is -2.13. The van der Waals surface area contributed by atoms with Gasteiger partial charge >= 0.3 is 0 Å². The Balaban J connectivity index is 2.68. The number of hydrogen-bond acceptors (Lipinski definition) is 4. The molecule has 0 bridgehead atoms. The zero-order chi connectivity index (χ0) is 15.3. The van der Waals surface area contributed by atoms with Crippen LogP contribution >= 0.6 is 26.6 Å². The van der Waals surface area contributed by atoms with E-state index in [1.54, 1.807) is 0 Å². The molecule has 1 unspecified atom stereocenters. The maximum atomic E-state index is 11.6. The van der Waals surface area contributed by atoms with Crippen molar-refractivity contribution in [1.29, 1.82) is 0 Å². The molecule has 1 N–H and O–H groups in total. The zero-order valence-electron chi connectivity index (χ0n) is 11.0. The molecule has 0 heterocycles. The molecule has 1 amide bonds. The number of amides is 1. The molecule has 5 nitrogen and oxygen atoms in total. The molecular formula is C12H15BrClNO4S. The van der Waals surface area contributed by atoms with Crippen LogP contribution in [0.3, 0.4) is 0 Å². The normalized spacial score (nSPS) is 12.8. The lowest BCUT2D eigenvalue weighted by atomic mass is 10.2. The summed E-state index contributed by atoms with van der Waals surface area (Å²) in [6, 6.07) is 4.16. The van der Waals surface area contributed by atoms with Crippen LogP contribution in [0.4, 0.5) is 0 Å². The number of carbonyl (C=O) groups is 1. The lowest BCUT2D eigenvalue weighted by Crippen LogP contribution is -2.35. The van der Waals surface area contributed by atoms with Crippen LogP contribution in [0.25, 0.3) is 0 Å². The van der Waals surface area contributed by atoms with Crippen LogP contribution < -0.4 is 10.1 Å². The molecule has 1 aromatic carbocycles. The smallest absolute Gasteiger partial charge is 0.261 e. The second-order valence-corrected chi connectivity index (χ2v) is 7.62. The number of hydrogen-bond donors (Lipinski definition) is 1. The number of nitrogens with one attached hydrogen (secondary N) is 1. The van der Waals surface area contributed by atoms with Crippen LogP contribution in [0.2, 0.25) is 0 Å². The molecule has 0 saturated carbocycles. The first-order valence-electron chi connectivity index (χ1n) is 5.90. The highest BCUT2D eigenvalue weighted by molar-refractivity contribution is 9.10. The Morgan fingerprint density at radius 2 is 2.15 bits per heavy atom. The van der Waals surface area contributed by atoms with Crippen LogP contribution in [-0.2, 0) is 13.8 Å². The molecular weight excluding hydrogens is 370 g/mol. The van der Waals surface area contributed by atoms with E-state index in [4.69, 9.17) is 15.4 Å². The van der Waals surface area contributed by atoms with Crippen molar-refractivity contribution >= 4 is 41.6 Å². The third-order valence-electron chi connectivity index (χ3n) is 2.56. The maximum Gasteiger partial charge on any atom is 0.261 e. The van der Waals surface area contributed by atoms with Crippen molar-refractivity contribution in [3.63, 3.8) is 0 Å². The SMILES string of the molecule is CCC(C)NC(=O)COc1ccc(S(=O)(=O)Cl)cc1Br. The molecule has 0 saturated heterocycles. The summed E-state index contributed by atoms with van der Waals surface area (Å²) in [6.45, 7) is 3.72. The van der Waals surface area contributed by atoms with E-state index in [-0.39, 0.29) is 23.5 Å². The first kappa shape index (κ1) is 17.3. The highest BCUT2D eigenvalue weighted by Gasteiger charge is 2.13. The van der Waals surface area contributed by atoms with Gasteiger partial charge in [0.25, 0.3) is 15.0 Å². The summed E-state index contributed by atoms with van der Waals surface area (Å²) < 4.78 is 28.0. The lowest BCUT2D eigenvalue weighted by molar-refractivity contribution is -0.123. The third kappa shape index (κ3) is 5.30. The maximum absolute atomic E-state index is 11.6. The Bertz CT molecular complexity index is 591. The number of benzene rings is 1. The fourth-order valence-electron chi connectivity index (χ4n) is 1.31. The molecule has 1 aromatic rings. The predicted molar refractivity (Wildman–Crippen MR) is 80.6 cm³/mol. The van der Waals surface area contributed by atoms with E-state index in [9.17, 15) is 13.2 Å². The summed E-state index contributed by atoms with van der Waals surface area (Å²) in [7, 11) is 1.44. The molecule has 0 aliphatic rings. The molecule has 1 atom stereocenters. The van der Waals surface area contributed by atoms with E-state index >= 15 is 0 Å². The number of ether oxygens (including phenoxy) is 1. The average molecular weight is 385 g/mol. The van der Waals surface area contributed by atoms with Gasteiger partial charge in [-0.25, -0.2) is 8.42 Å². The van der Waals surface area contributed by atoms with Crippen molar-refractivity contribution in [3.05, 3.63) is 22.7 Å². The number of rotatable bonds is 6. The summed E-state index contributed by atoms with van der Waals surface area (Å²) in [5.74, 6) is 0.133. The van der Waals surface area contributed by atoms with E-state index in [1.165, 1.54) is 18.2 Å². The average Bonchev–Trinajstić information content (AvgIpc) is 2.35. The number of halogens is 2. The van der Waals surface area contributed by atoms with E-state index in [0.29, 0.717) is 10.2 Å². The quantitative estimate of drug-likeness (QED) is 0.765. The molecule has 0 fully saturated rings. The number of carbonyl (C=O) groups excluding carboxylic acids is 1. The second-order valence-electron chi connectivity index (χ2n) is 4.20. The molecule has 8 heteroatoms. The molecule has 0 spiro atoms. The second kappa shape index (κ2) is 7.28. The standard InChI is InChI=1S/C12H15BrClNO4S/c1-3-8(2)15-12(16)7-19-11-5-4-9(6-10(11)13)20(14,17)18/h4-6,8H,3,7H2,1-2H3,(H,15,16). The topological polar surface area (TPSA) is 72.5 Å². The highest BCUT2D eigenvalue weighted by atomic mass is 79.9. The Morgan fingerprint density at radius 3 is 2.65 bits per heavy atom. The summed E-state index contributed by atoms with van der Waals surface area (Å²) >= 11 is 3.17. The fraction of sp³-hybridized carbons (Fsp3) is 0.417. The first-order chi connectivity index (χ1) is 9.24. The molecule has 0 aliphatic heterocycles. The van der Waals surface area contributed by atoms with Gasteiger partial charge < -0.3 is 10.1 Å². The van der Waals surface area contributed by atoms with Crippen LogP contribution in [0.15, 0.2) is 27.6 Å². The van der Waals surface area contributed by atoms with Gasteiger partial charge in [0.05, 0.1) is 9.37 Å². The monoisotopic (exact) mass is 383 g/mol. The van der Waals surface area contributed by atoms with Crippen molar-refractivity contribution in [1.82, 2.24) is 5.32 Å². The van der Waals surface area contributed by atoms with Crippen LogP contribution in [0.5, 0.6) is 5.75 Å². The van der Waals surface area contributed by atoms with Crippen molar-refractivity contribution < 1.29 is 17.9 Å². The van der Waals surface area contributed by atoms with Gasteiger partial charge in [-0.1, -0.05) is 6.92 Å². The molecule has 1 rings (SSSR count). The molecule has 20 heavy (non-hydrogen) atoms. The minimum absolute atomic E-state index is 0.0394. The van der Waals surface area contributed by atoms with Gasteiger partial charge in [0.15, 0.2) is 6.61 Å². The van der Waals surface area contributed by atoms with Crippen molar-refractivity contribution in [2.24, 2.45) is 0 Å². The Hall–Kier alpha value is -0.790. The highest BCUT2D eigenvalue weighted by Crippen LogP contribution is 2.29. The zero-order valence-corrected chi connectivity index (χ0v) is 14.2. The Morgan fingerprint density at radius 1 is 1.50 bits per heavy atom. The van der Waals surface area contributed by atoms with Crippen LogP contribution in [0.1, 0.15) is 20.3 Å². The molecule has 0 aromatic heterocycles. The van der Waals surface area contributed by atoms with Crippen molar-refractivity contribution in [2.45, 2.75) is 31.2 Å². The summed E-state index contributed by atoms with van der Waals surface area (Å²) in [4.78, 5) is 11.5. The Kier molecular flexibility index (Phi) is 6.29. The van der Waals surface area contributed by atoms with Crippen LogP contribution in [0, 0.1) is 0 Å². The first-order valence-corrected chi connectivity index (χ1v) is 9.00. The summed E-state index contributed by atoms with van der Waals surface area (Å²) in [5.41, 5.74) is 0. The van der Waals surface area contributed by atoms with E-state index in [2.05, 4.69) is 21.2 Å². The van der Waals surface area contributed by atoms with Crippen LogP contribution in [-0.4, -0.2) is 27.0 Å². The van der Waals surface area contributed by atoms with Gasteiger partial charge in [-0.3, -0.25) is 4.79 Å². The van der Waals surface area contributed by atoms with E-state index in [1.807, 2.05) is 13.8 Å². The minimum atomic E-state index is -3.79.